The lowest BCUT2D eigenvalue weighted by Gasteiger charge is -2.28. The van der Waals surface area contributed by atoms with Crippen molar-refractivity contribution in [3.63, 3.8) is 0 Å². The van der Waals surface area contributed by atoms with Crippen molar-refractivity contribution in [1.82, 2.24) is 0 Å². The van der Waals surface area contributed by atoms with Crippen LogP contribution in [0.2, 0.25) is 0 Å². The van der Waals surface area contributed by atoms with Crippen LogP contribution in [0.5, 0.6) is 0 Å². The molecule has 0 N–H and O–H groups in total. The van der Waals surface area contributed by atoms with Crippen molar-refractivity contribution in [3.8, 4) is 0 Å². The van der Waals surface area contributed by atoms with Crippen LogP contribution in [0.25, 0.3) is 0 Å². The third-order valence-electron chi connectivity index (χ3n) is 5.58. The Hall–Kier alpha value is -2.78. The minimum absolute atomic E-state index is 0.218. The highest BCUT2D eigenvalue weighted by Crippen LogP contribution is 2.37. The molecule has 182 valence electrons. The number of benzene rings is 2. The van der Waals surface area contributed by atoms with Crippen LogP contribution < -0.4 is 0 Å². The summed E-state index contributed by atoms with van der Waals surface area (Å²) in [5, 5.41) is 0. The number of rotatable bonds is 7. The van der Waals surface area contributed by atoms with E-state index in [9.17, 15) is 9.59 Å². The summed E-state index contributed by atoms with van der Waals surface area (Å²) >= 11 is 0. The van der Waals surface area contributed by atoms with E-state index in [4.69, 9.17) is 28.4 Å². The Labute approximate surface area is 199 Å². The number of esters is 2. The van der Waals surface area contributed by atoms with Crippen molar-refractivity contribution < 1.29 is 38.0 Å². The second kappa shape index (κ2) is 9.84. The lowest BCUT2D eigenvalue weighted by molar-refractivity contribution is -0.175. The van der Waals surface area contributed by atoms with E-state index in [2.05, 4.69) is 0 Å². The fraction of sp³-hybridized carbons (Fsp3) is 0.462. The summed E-state index contributed by atoms with van der Waals surface area (Å²) in [6.07, 6.45) is -2.77. The Kier molecular flexibility index (Phi) is 7.04. The van der Waals surface area contributed by atoms with Gasteiger partial charge < -0.3 is 28.4 Å². The van der Waals surface area contributed by atoms with Gasteiger partial charge in [0.1, 0.15) is 24.9 Å². The molecule has 0 saturated carbocycles. The number of ether oxygens (including phenoxy) is 6. The highest BCUT2D eigenvalue weighted by Gasteiger charge is 2.53. The smallest absolute Gasteiger partial charge is 0.338 e. The summed E-state index contributed by atoms with van der Waals surface area (Å²) < 4.78 is 35.4. The molecule has 2 aliphatic rings. The average Bonchev–Trinajstić information content (AvgIpc) is 3.35. The van der Waals surface area contributed by atoms with Crippen molar-refractivity contribution in [2.75, 3.05) is 13.2 Å². The van der Waals surface area contributed by atoms with Crippen LogP contribution >= 0.6 is 0 Å². The first-order valence-corrected chi connectivity index (χ1v) is 11.3. The SMILES string of the molecule is CC1(C)O[C@@H]([C@@H](COC(=O)c2ccccc2)OC(=O)c2ccccc2)[C@@H]([C@@H]2COC(C)(C)O2)O1. The molecule has 4 rings (SSSR count). The standard InChI is InChI=1S/C26H30O8/c1-25(2)30-16-20(32-25)22-21(33-26(3,4)34-22)19(31-24(28)18-13-9-6-10-14-18)15-29-23(27)17-11-7-5-8-12-17/h5-14,19-22H,15-16H2,1-4H3/t19-,20+,21+,22-/m1/s1. The summed E-state index contributed by atoms with van der Waals surface area (Å²) in [4.78, 5) is 25.5. The second-order valence-electron chi connectivity index (χ2n) is 9.21. The normalized spacial score (nSPS) is 26.1. The zero-order chi connectivity index (χ0) is 24.3. The minimum atomic E-state index is -0.966. The van der Waals surface area contributed by atoms with Crippen LogP contribution in [-0.4, -0.2) is 61.1 Å². The number of carbonyl (C=O) groups is 2. The largest absolute Gasteiger partial charge is 0.458 e. The van der Waals surface area contributed by atoms with Crippen LogP contribution in [0.3, 0.4) is 0 Å². The van der Waals surface area contributed by atoms with E-state index in [1.807, 2.05) is 26.0 Å². The van der Waals surface area contributed by atoms with E-state index in [1.165, 1.54) is 0 Å². The number of hydrogen-bond donors (Lipinski definition) is 0. The van der Waals surface area contributed by atoms with E-state index < -0.39 is 47.9 Å². The minimum Gasteiger partial charge on any atom is -0.458 e. The van der Waals surface area contributed by atoms with E-state index >= 15 is 0 Å². The first-order chi connectivity index (χ1) is 16.1. The zero-order valence-electron chi connectivity index (χ0n) is 19.8. The second-order valence-corrected chi connectivity index (χ2v) is 9.21. The van der Waals surface area contributed by atoms with Gasteiger partial charge in [0.2, 0.25) is 0 Å². The highest BCUT2D eigenvalue weighted by molar-refractivity contribution is 5.90. The van der Waals surface area contributed by atoms with Gasteiger partial charge in [0.05, 0.1) is 17.7 Å². The predicted octanol–water partition coefficient (Wildman–Crippen LogP) is 3.74. The maximum Gasteiger partial charge on any atom is 0.338 e. The van der Waals surface area contributed by atoms with Crippen LogP contribution in [-0.2, 0) is 28.4 Å². The van der Waals surface area contributed by atoms with Gasteiger partial charge in [-0.3, -0.25) is 0 Å². The molecule has 8 heteroatoms. The molecule has 2 aromatic rings. The molecule has 2 fully saturated rings. The summed E-state index contributed by atoms with van der Waals surface area (Å²) in [6, 6.07) is 17.2. The Morgan fingerprint density at radius 2 is 1.44 bits per heavy atom. The van der Waals surface area contributed by atoms with Gasteiger partial charge in [-0.25, -0.2) is 9.59 Å². The topological polar surface area (TPSA) is 89.5 Å². The molecule has 2 saturated heterocycles. The maximum absolute atomic E-state index is 12.9. The molecule has 0 unspecified atom stereocenters. The predicted molar refractivity (Wildman–Crippen MR) is 121 cm³/mol. The first kappa shape index (κ1) is 24.3. The van der Waals surface area contributed by atoms with Gasteiger partial charge in [-0.1, -0.05) is 36.4 Å². The van der Waals surface area contributed by atoms with Crippen molar-refractivity contribution in [2.24, 2.45) is 0 Å². The van der Waals surface area contributed by atoms with Crippen LogP contribution in [0, 0.1) is 0 Å². The average molecular weight is 471 g/mol. The molecule has 8 nitrogen and oxygen atoms in total. The Balaban J connectivity index is 1.56. The first-order valence-electron chi connectivity index (χ1n) is 11.3. The van der Waals surface area contributed by atoms with Crippen molar-refractivity contribution in [2.45, 2.75) is 63.7 Å². The summed E-state index contributed by atoms with van der Waals surface area (Å²) in [5.74, 6) is -2.83. The van der Waals surface area contributed by atoms with Crippen LogP contribution in [0.15, 0.2) is 60.7 Å². The van der Waals surface area contributed by atoms with Crippen molar-refractivity contribution >= 4 is 11.9 Å². The van der Waals surface area contributed by atoms with Gasteiger partial charge in [0.15, 0.2) is 17.7 Å². The molecule has 2 aromatic carbocycles. The fourth-order valence-corrected chi connectivity index (χ4v) is 4.06. The third-order valence-corrected chi connectivity index (χ3v) is 5.58. The van der Waals surface area contributed by atoms with Gasteiger partial charge in [0.25, 0.3) is 0 Å². The molecule has 0 spiro atoms. The molecule has 34 heavy (non-hydrogen) atoms. The molecular weight excluding hydrogens is 440 g/mol. The summed E-state index contributed by atoms with van der Waals surface area (Å²) in [5.41, 5.74) is 0.767. The monoisotopic (exact) mass is 470 g/mol. The van der Waals surface area contributed by atoms with E-state index in [0.29, 0.717) is 11.1 Å². The van der Waals surface area contributed by atoms with E-state index in [-0.39, 0.29) is 13.2 Å². The van der Waals surface area contributed by atoms with E-state index in [0.717, 1.165) is 0 Å². The summed E-state index contributed by atoms with van der Waals surface area (Å²) in [7, 11) is 0. The van der Waals surface area contributed by atoms with Gasteiger partial charge in [-0.2, -0.15) is 0 Å². The van der Waals surface area contributed by atoms with Crippen LogP contribution in [0.4, 0.5) is 0 Å². The lowest BCUT2D eigenvalue weighted by Crippen LogP contribution is -2.47. The maximum atomic E-state index is 12.9. The van der Waals surface area contributed by atoms with Gasteiger partial charge >= 0.3 is 11.9 Å². The molecule has 0 amide bonds. The molecule has 2 heterocycles. The zero-order valence-corrected chi connectivity index (χ0v) is 19.8. The molecule has 4 atom stereocenters. The van der Waals surface area contributed by atoms with Gasteiger partial charge in [0, 0.05) is 0 Å². The molecule has 0 aliphatic carbocycles. The fourth-order valence-electron chi connectivity index (χ4n) is 4.06. The van der Waals surface area contributed by atoms with Gasteiger partial charge in [-0.15, -0.1) is 0 Å². The Morgan fingerprint density at radius 1 is 0.853 bits per heavy atom. The van der Waals surface area contributed by atoms with Crippen molar-refractivity contribution in [1.29, 1.82) is 0 Å². The highest BCUT2D eigenvalue weighted by atomic mass is 16.8. The number of hydrogen-bond acceptors (Lipinski definition) is 8. The third kappa shape index (κ3) is 5.82. The number of carbonyl (C=O) groups excluding carboxylic acids is 2. The Bertz CT molecular complexity index is 988. The molecule has 0 aromatic heterocycles. The van der Waals surface area contributed by atoms with Gasteiger partial charge in [-0.05, 0) is 52.0 Å². The quantitative estimate of drug-likeness (QED) is 0.566. The molecule has 0 radical (unpaired) electrons. The molecular formula is C26H30O8. The molecule has 2 aliphatic heterocycles. The van der Waals surface area contributed by atoms with E-state index in [1.54, 1.807) is 62.4 Å². The lowest BCUT2D eigenvalue weighted by atomic mass is 10.0. The molecule has 0 bridgehead atoms. The summed E-state index contributed by atoms with van der Waals surface area (Å²) in [6.45, 7) is 7.25. The van der Waals surface area contributed by atoms with Crippen molar-refractivity contribution in [3.05, 3.63) is 71.8 Å². The van der Waals surface area contributed by atoms with Crippen LogP contribution in [0.1, 0.15) is 48.4 Å². The Morgan fingerprint density at radius 3 is 2.00 bits per heavy atom.